The van der Waals surface area contributed by atoms with Crippen LogP contribution in [-0.4, -0.2) is 0 Å². The maximum atomic E-state index is 4.92. The maximum absolute atomic E-state index is 4.92. The van der Waals surface area contributed by atoms with Crippen LogP contribution in [0.3, 0.4) is 0 Å². The summed E-state index contributed by atoms with van der Waals surface area (Å²) in [5.41, 5.74) is 0. The van der Waals surface area contributed by atoms with Crippen molar-refractivity contribution < 1.29 is 15.2 Å². The second kappa shape index (κ2) is 2.71. The van der Waals surface area contributed by atoms with Gasteiger partial charge in [-0.25, -0.2) is 0 Å². The van der Waals surface area contributed by atoms with Gasteiger partial charge in [-0.2, -0.15) is 0 Å². The summed E-state index contributed by atoms with van der Waals surface area (Å²) in [5.74, 6) is 0. The number of allylic oxidation sites excluding steroid dienone is 4. The minimum atomic E-state index is 0.365. The quantitative estimate of drug-likeness (QED) is 0.510. The Balaban J connectivity index is 2.41. The molecular weight excluding hydrogens is 150 g/mol. The summed E-state index contributed by atoms with van der Waals surface area (Å²) < 4.78 is 3.42. The van der Waals surface area contributed by atoms with E-state index in [1.165, 1.54) is 15.2 Å². The summed E-state index contributed by atoms with van der Waals surface area (Å²) in [5, 5.41) is 0. The molecule has 0 saturated carbocycles. The molecule has 0 aromatic carbocycles. The van der Waals surface area contributed by atoms with Gasteiger partial charge in [0.1, 0.15) is 0 Å². The molecule has 0 radical (unpaired) electrons. The first-order chi connectivity index (χ1) is 3.93. The fraction of sp³-hybridized carbons (Fsp3) is 0.167. The van der Waals surface area contributed by atoms with Gasteiger partial charge < -0.3 is 0 Å². The topological polar surface area (TPSA) is 4.36 Å². The van der Waals surface area contributed by atoms with E-state index < -0.39 is 0 Å². The van der Waals surface area contributed by atoms with E-state index in [2.05, 4.69) is 3.86 Å². The monoisotopic (exact) mass is 155 g/mol. The van der Waals surface area contributed by atoms with Crippen molar-refractivity contribution in [3.63, 3.8) is 0 Å². The van der Waals surface area contributed by atoms with Gasteiger partial charge in [0.15, 0.2) is 0 Å². The molecule has 0 atom stereocenters. The van der Waals surface area contributed by atoms with Gasteiger partial charge in [-0.3, -0.25) is 0 Å². The predicted molar refractivity (Wildman–Crippen MR) is 30.3 cm³/mol. The van der Waals surface area contributed by atoms with Crippen LogP contribution in [0.25, 0.3) is 3.86 Å². The number of rotatable bonds is 1. The third kappa shape index (κ3) is 1.23. The molecule has 0 aromatic heterocycles. The summed E-state index contributed by atoms with van der Waals surface area (Å²) in [4.78, 5) is 0.365. The molecular formula is C6H6CuN+. The zero-order valence-corrected chi connectivity index (χ0v) is 5.15. The van der Waals surface area contributed by atoms with Gasteiger partial charge in [-0.05, 0) is 0 Å². The van der Waals surface area contributed by atoms with Gasteiger partial charge >= 0.3 is 54.7 Å². The van der Waals surface area contributed by atoms with Crippen molar-refractivity contribution in [1.82, 2.24) is 0 Å². The molecule has 2 heteroatoms. The van der Waals surface area contributed by atoms with Crippen LogP contribution in [-0.2, 0) is 15.2 Å². The van der Waals surface area contributed by atoms with E-state index >= 15 is 0 Å². The Hall–Kier alpha value is -0.511. The van der Waals surface area contributed by atoms with Gasteiger partial charge in [0.25, 0.3) is 0 Å². The van der Waals surface area contributed by atoms with E-state index in [0.717, 1.165) is 0 Å². The molecule has 0 fully saturated rings. The average molecular weight is 156 g/mol. The summed E-state index contributed by atoms with van der Waals surface area (Å²) in [6.07, 6.45) is 8.05. The van der Waals surface area contributed by atoms with Crippen molar-refractivity contribution >= 4 is 0 Å². The molecule has 8 heavy (non-hydrogen) atoms. The Labute approximate surface area is 55.3 Å². The van der Waals surface area contributed by atoms with E-state index in [0.29, 0.717) is 4.82 Å². The van der Waals surface area contributed by atoms with Crippen molar-refractivity contribution in [2.45, 2.75) is 4.82 Å². The molecule has 0 saturated heterocycles. The predicted octanol–water partition coefficient (Wildman–Crippen LogP) is 1.86. The third-order valence-electron chi connectivity index (χ3n) is 0.806. The van der Waals surface area contributed by atoms with E-state index in [1.54, 1.807) is 0 Å². The molecule has 45 valence electrons. The van der Waals surface area contributed by atoms with Gasteiger partial charge in [0, 0.05) is 0 Å². The normalized spacial score (nSPS) is 17.4. The molecule has 0 aromatic rings. The molecule has 0 amide bonds. The Morgan fingerprint density at radius 1 is 1.38 bits per heavy atom. The van der Waals surface area contributed by atoms with E-state index in [9.17, 15) is 0 Å². The van der Waals surface area contributed by atoms with Crippen molar-refractivity contribution in [3.05, 3.63) is 28.2 Å². The number of nitrogens with zero attached hydrogens (tertiary/aromatic N) is 1. The Kier molecular flexibility index (Phi) is 1.91. The molecule has 1 nitrogen and oxygen atoms in total. The van der Waals surface area contributed by atoms with Gasteiger partial charge in [-0.15, -0.1) is 0 Å². The second-order valence-electron chi connectivity index (χ2n) is 1.32. The first-order valence-electron chi connectivity index (χ1n) is 2.23. The molecule has 0 unspecified atom stereocenters. The zero-order valence-electron chi connectivity index (χ0n) is 4.21. The van der Waals surface area contributed by atoms with Gasteiger partial charge in [0.2, 0.25) is 0 Å². The van der Waals surface area contributed by atoms with Crippen LogP contribution in [0.5, 0.6) is 0 Å². The van der Waals surface area contributed by atoms with Crippen LogP contribution in [0.15, 0.2) is 24.3 Å². The van der Waals surface area contributed by atoms with Crippen molar-refractivity contribution in [2.24, 2.45) is 0 Å². The van der Waals surface area contributed by atoms with Crippen molar-refractivity contribution in [3.8, 4) is 6.57 Å². The Bertz CT molecular complexity index is 152. The molecule has 0 aliphatic heterocycles. The van der Waals surface area contributed by atoms with E-state index in [-0.39, 0.29) is 0 Å². The average Bonchev–Trinajstić information content (AvgIpc) is 2.19. The minimum absolute atomic E-state index is 0.365. The van der Waals surface area contributed by atoms with Gasteiger partial charge in [0.05, 0.1) is 0 Å². The molecule has 0 heterocycles. The van der Waals surface area contributed by atoms with Crippen LogP contribution in [0.4, 0.5) is 0 Å². The summed E-state index contributed by atoms with van der Waals surface area (Å²) >= 11 is 1.45. The fourth-order valence-corrected chi connectivity index (χ4v) is 1.02. The zero-order chi connectivity index (χ0) is 5.82. The van der Waals surface area contributed by atoms with Crippen LogP contribution >= 0.6 is 0 Å². The molecule has 1 aliphatic carbocycles. The van der Waals surface area contributed by atoms with E-state index in [4.69, 9.17) is 6.57 Å². The fourth-order valence-electron chi connectivity index (χ4n) is 0.492. The van der Waals surface area contributed by atoms with Crippen molar-refractivity contribution in [2.75, 3.05) is 0 Å². The van der Waals surface area contributed by atoms with Crippen LogP contribution < -0.4 is 0 Å². The Morgan fingerprint density at radius 3 is 2.50 bits per heavy atom. The second-order valence-corrected chi connectivity index (χ2v) is 2.43. The summed E-state index contributed by atoms with van der Waals surface area (Å²) in [6, 6.07) is 0. The molecule has 0 spiro atoms. The summed E-state index contributed by atoms with van der Waals surface area (Å²) in [6.45, 7) is 4.92. The third-order valence-corrected chi connectivity index (χ3v) is 1.59. The Morgan fingerprint density at radius 2 is 2.00 bits per heavy atom. The first-order valence-corrected chi connectivity index (χ1v) is 3.20. The summed E-state index contributed by atoms with van der Waals surface area (Å²) in [7, 11) is 0. The molecule has 1 rings (SSSR count). The van der Waals surface area contributed by atoms with Gasteiger partial charge in [-0.1, -0.05) is 0 Å². The SMILES string of the molecule is C#[N+][Cu][CH]1C=CC=C1. The standard InChI is InChI=1S/C5H5.CHN.Cu/c1-2-4-5-3-1;1-2;/h1-5H;1H;/q;;+1. The van der Waals surface area contributed by atoms with Crippen LogP contribution in [0.1, 0.15) is 0 Å². The molecule has 0 N–H and O–H groups in total. The molecule has 1 aliphatic rings. The number of hydrogen-bond acceptors (Lipinski definition) is 0. The molecule has 0 bridgehead atoms. The van der Waals surface area contributed by atoms with E-state index in [1.807, 2.05) is 24.3 Å². The first kappa shape index (κ1) is 5.62. The van der Waals surface area contributed by atoms with Crippen LogP contribution in [0, 0.1) is 6.57 Å². The van der Waals surface area contributed by atoms with Crippen LogP contribution in [0.2, 0.25) is 4.82 Å². The number of hydrogen-bond donors (Lipinski definition) is 0. The van der Waals surface area contributed by atoms with Crippen molar-refractivity contribution in [1.29, 1.82) is 0 Å².